The number of amides is 1. The van der Waals surface area contributed by atoms with Crippen molar-refractivity contribution in [2.24, 2.45) is 12.8 Å². The van der Waals surface area contributed by atoms with E-state index in [1.807, 2.05) is 37.5 Å². The lowest BCUT2D eigenvalue weighted by Crippen LogP contribution is -2.13. The van der Waals surface area contributed by atoms with Crippen LogP contribution in [0.25, 0.3) is 22.0 Å². The van der Waals surface area contributed by atoms with Crippen molar-refractivity contribution in [2.45, 2.75) is 6.42 Å². The van der Waals surface area contributed by atoms with Crippen molar-refractivity contribution in [3.05, 3.63) is 71.2 Å². The highest BCUT2D eigenvalue weighted by Crippen LogP contribution is 2.31. The Morgan fingerprint density at radius 3 is 2.67 bits per heavy atom. The third-order valence-corrected chi connectivity index (χ3v) is 4.40. The van der Waals surface area contributed by atoms with Crippen molar-refractivity contribution in [1.29, 1.82) is 0 Å². The topological polar surface area (TPSA) is 99.6 Å². The second-order valence-corrected chi connectivity index (χ2v) is 6.47. The van der Waals surface area contributed by atoms with E-state index in [-0.39, 0.29) is 11.0 Å². The third-order valence-electron chi connectivity index (χ3n) is 4.21. The Morgan fingerprint density at radius 2 is 1.93 bits per heavy atom. The molecule has 7 nitrogen and oxygen atoms in total. The molecule has 1 amide bonds. The molecule has 0 aliphatic carbocycles. The van der Waals surface area contributed by atoms with Gasteiger partial charge in [0.2, 0.25) is 5.28 Å². The van der Waals surface area contributed by atoms with Gasteiger partial charge < -0.3 is 5.73 Å². The van der Waals surface area contributed by atoms with Gasteiger partial charge in [0.15, 0.2) is 0 Å². The predicted octanol–water partition coefficient (Wildman–Crippen LogP) is 2.77. The molecule has 8 heteroatoms. The van der Waals surface area contributed by atoms with Crippen molar-refractivity contribution in [2.75, 3.05) is 0 Å². The van der Waals surface area contributed by atoms with Crippen molar-refractivity contribution in [3.63, 3.8) is 0 Å². The van der Waals surface area contributed by atoms with Crippen LogP contribution >= 0.6 is 11.6 Å². The van der Waals surface area contributed by atoms with E-state index in [1.165, 1.54) is 0 Å². The Hall–Kier alpha value is -3.32. The second-order valence-electron chi connectivity index (χ2n) is 6.14. The van der Waals surface area contributed by atoms with Crippen LogP contribution in [0.1, 0.15) is 21.7 Å². The molecular formula is C19H15ClN6O. The number of rotatable bonds is 4. The molecule has 0 radical (unpaired) electrons. The fourth-order valence-corrected chi connectivity index (χ4v) is 3.14. The molecule has 4 rings (SSSR count). The maximum atomic E-state index is 11.8. The van der Waals surface area contributed by atoms with E-state index in [0.717, 1.165) is 27.8 Å². The van der Waals surface area contributed by atoms with Crippen LogP contribution in [0.2, 0.25) is 5.28 Å². The maximum absolute atomic E-state index is 11.8. The van der Waals surface area contributed by atoms with Gasteiger partial charge in [0.25, 0.3) is 5.91 Å². The molecule has 0 bridgehead atoms. The highest BCUT2D eigenvalue weighted by molar-refractivity contribution is 6.28. The molecule has 0 atom stereocenters. The summed E-state index contributed by atoms with van der Waals surface area (Å²) < 4.78 is 1.74. The normalized spacial score (nSPS) is 11.0. The van der Waals surface area contributed by atoms with Gasteiger partial charge in [0, 0.05) is 43.0 Å². The number of benzene rings is 1. The van der Waals surface area contributed by atoms with Crippen molar-refractivity contribution in [3.8, 4) is 11.1 Å². The average molecular weight is 379 g/mol. The van der Waals surface area contributed by atoms with Crippen molar-refractivity contribution < 1.29 is 4.79 Å². The molecule has 2 N–H and O–H groups in total. The number of hydrogen-bond donors (Lipinski definition) is 1. The summed E-state index contributed by atoms with van der Waals surface area (Å²) in [5.41, 5.74) is 9.86. The summed E-state index contributed by atoms with van der Waals surface area (Å²) in [6, 6.07) is 9.34. The zero-order valence-electron chi connectivity index (χ0n) is 14.4. The molecule has 0 spiro atoms. The Labute approximate surface area is 159 Å². The van der Waals surface area contributed by atoms with Gasteiger partial charge in [0.05, 0.1) is 11.2 Å². The predicted molar refractivity (Wildman–Crippen MR) is 102 cm³/mol. The first kappa shape index (κ1) is 17.1. The number of para-hydroxylation sites is 1. The number of nitrogens with two attached hydrogens (primary N) is 1. The van der Waals surface area contributed by atoms with Gasteiger partial charge in [-0.1, -0.05) is 18.2 Å². The van der Waals surface area contributed by atoms with Gasteiger partial charge in [-0.25, -0.2) is 15.0 Å². The van der Waals surface area contributed by atoms with Gasteiger partial charge in [0.1, 0.15) is 5.69 Å². The first-order valence-corrected chi connectivity index (χ1v) is 8.58. The van der Waals surface area contributed by atoms with Gasteiger partial charge in [-0.2, -0.15) is 5.10 Å². The zero-order chi connectivity index (χ0) is 19.0. The third kappa shape index (κ3) is 3.37. The first-order valence-electron chi connectivity index (χ1n) is 8.20. The van der Waals surface area contributed by atoms with Gasteiger partial charge >= 0.3 is 0 Å². The van der Waals surface area contributed by atoms with Crippen LogP contribution in [0, 0.1) is 0 Å². The molecule has 4 aromatic rings. The summed E-state index contributed by atoms with van der Waals surface area (Å²) in [5.74, 6) is -0.571. The number of pyridine rings is 1. The van der Waals surface area contributed by atoms with Crippen LogP contribution in [-0.2, 0) is 13.5 Å². The van der Waals surface area contributed by atoms with Gasteiger partial charge in [-0.15, -0.1) is 0 Å². The van der Waals surface area contributed by atoms with Crippen LogP contribution in [0.3, 0.4) is 0 Å². The standard InChI is InChI=1S/C19H15ClN6O/c1-26-10-14(16(25-26)6-11-8-22-19(20)23-9-11)13-7-17(18(21)27)24-15-5-3-2-4-12(13)15/h2-5,7-10H,6H2,1H3,(H2,21,27). The van der Waals surface area contributed by atoms with Crippen molar-refractivity contribution in [1.82, 2.24) is 24.7 Å². The minimum Gasteiger partial charge on any atom is -0.364 e. The van der Waals surface area contributed by atoms with Crippen LogP contribution in [0.4, 0.5) is 0 Å². The number of aryl methyl sites for hydroxylation is 1. The molecule has 0 aliphatic heterocycles. The fourth-order valence-electron chi connectivity index (χ4n) is 3.04. The Kier molecular flexibility index (Phi) is 4.29. The highest BCUT2D eigenvalue weighted by Gasteiger charge is 2.17. The number of primary amides is 1. The molecule has 1 aromatic carbocycles. The second kappa shape index (κ2) is 6.77. The molecule has 0 fully saturated rings. The van der Waals surface area contributed by atoms with E-state index in [0.29, 0.717) is 11.9 Å². The Morgan fingerprint density at radius 1 is 1.19 bits per heavy atom. The lowest BCUT2D eigenvalue weighted by atomic mass is 9.98. The molecular weight excluding hydrogens is 364 g/mol. The summed E-state index contributed by atoms with van der Waals surface area (Å²) in [4.78, 5) is 24.1. The summed E-state index contributed by atoms with van der Waals surface area (Å²) in [6.45, 7) is 0. The van der Waals surface area contributed by atoms with Crippen LogP contribution < -0.4 is 5.73 Å². The molecule has 27 heavy (non-hydrogen) atoms. The largest absolute Gasteiger partial charge is 0.364 e. The van der Waals surface area contributed by atoms with E-state index < -0.39 is 5.91 Å². The lowest BCUT2D eigenvalue weighted by Gasteiger charge is -2.09. The minimum atomic E-state index is -0.571. The molecule has 3 aromatic heterocycles. The number of nitrogens with zero attached hydrogens (tertiary/aromatic N) is 5. The van der Waals surface area contributed by atoms with Crippen LogP contribution in [-0.4, -0.2) is 30.6 Å². The van der Waals surface area contributed by atoms with E-state index in [4.69, 9.17) is 17.3 Å². The summed E-state index contributed by atoms with van der Waals surface area (Å²) >= 11 is 5.77. The maximum Gasteiger partial charge on any atom is 0.267 e. The van der Waals surface area contributed by atoms with E-state index in [9.17, 15) is 4.79 Å². The summed E-state index contributed by atoms with van der Waals surface area (Å²) in [6.07, 6.45) is 5.79. The molecule has 0 unspecified atom stereocenters. The van der Waals surface area contributed by atoms with Crippen LogP contribution in [0.15, 0.2) is 48.9 Å². The number of aromatic nitrogens is 5. The number of fused-ring (bicyclic) bond motifs is 1. The quantitative estimate of drug-likeness (QED) is 0.550. The Balaban J connectivity index is 1.89. The molecule has 0 aliphatic rings. The SMILES string of the molecule is Cn1cc(-c2cc(C(N)=O)nc3ccccc23)c(Cc2cnc(Cl)nc2)n1. The molecule has 0 saturated carbocycles. The first-order chi connectivity index (χ1) is 13.0. The molecule has 3 heterocycles. The Bertz CT molecular complexity index is 1150. The number of carbonyl (C=O) groups is 1. The average Bonchev–Trinajstić information content (AvgIpc) is 3.02. The minimum absolute atomic E-state index is 0.200. The van der Waals surface area contributed by atoms with Crippen molar-refractivity contribution >= 4 is 28.4 Å². The van der Waals surface area contributed by atoms with E-state index >= 15 is 0 Å². The van der Waals surface area contributed by atoms with Gasteiger partial charge in [-0.05, 0) is 34.9 Å². The van der Waals surface area contributed by atoms with E-state index in [1.54, 1.807) is 23.1 Å². The highest BCUT2D eigenvalue weighted by atomic mass is 35.5. The fraction of sp³-hybridized carbons (Fsp3) is 0.105. The molecule has 134 valence electrons. The number of carbonyl (C=O) groups excluding carboxylic acids is 1. The monoisotopic (exact) mass is 378 g/mol. The lowest BCUT2D eigenvalue weighted by molar-refractivity contribution is 0.0996. The number of hydrogen-bond acceptors (Lipinski definition) is 5. The molecule has 0 saturated heterocycles. The summed E-state index contributed by atoms with van der Waals surface area (Å²) in [7, 11) is 1.85. The summed E-state index contributed by atoms with van der Waals surface area (Å²) in [5, 5.41) is 5.70. The smallest absolute Gasteiger partial charge is 0.267 e. The zero-order valence-corrected chi connectivity index (χ0v) is 15.2. The number of halogens is 1. The van der Waals surface area contributed by atoms with Crippen LogP contribution in [0.5, 0.6) is 0 Å². The van der Waals surface area contributed by atoms with Gasteiger partial charge in [-0.3, -0.25) is 9.48 Å². The van der Waals surface area contributed by atoms with E-state index in [2.05, 4.69) is 20.1 Å².